The van der Waals surface area contributed by atoms with Crippen LogP contribution in [0.25, 0.3) is 10.9 Å². The molecule has 0 aliphatic carbocycles. The number of nitrogens with one attached hydrogen (secondary N) is 3. The molecule has 0 bridgehead atoms. The zero-order valence-electron chi connectivity index (χ0n) is 14.8. The standard InChI is InChI=1S/C19H24N4S.HI/c1-13-5-4-6-17-18(13)15(11-22-17)9-10-21-19(20-3)23-12-16-8-7-14(2)24-16;/h4-8,11,22H,9-10,12H2,1-3H3,(H2,20,21,23);1H. The Labute approximate surface area is 170 Å². The van der Waals surface area contributed by atoms with Crippen LogP contribution in [0.3, 0.4) is 0 Å². The first-order valence-electron chi connectivity index (χ1n) is 8.23. The van der Waals surface area contributed by atoms with Crippen molar-refractivity contribution >= 4 is 52.2 Å². The van der Waals surface area contributed by atoms with Crippen LogP contribution in [0.1, 0.15) is 20.9 Å². The quantitative estimate of drug-likeness (QED) is 0.296. The Hall–Kier alpha value is -1.54. The number of thiophene rings is 1. The SMILES string of the molecule is CN=C(NCCc1c[nH]c2cccc(C)c12)NCc1ccc(C)s1.I. The summed E-state index contributed by atoms with van der Waals surface area (Å²) in [7, 11) is 1.81. The maximum Gasteiger partial charge on any atom is 0.191 e. The normalized spacial score (nSPS) is 11.4. The zero-order valence-corrected chi connectivity index (χ0v) is 18.0. The average Bonchev–Trinajstić information content (AvgIpc) is 3.18. The van der Waals surface area contributed by atoms with Crippen molar-refractivity contribution in [2.75, 3.05) is 13.6 Å². The molecule has 3 aromatic rings. The van der Waals surface area contributed by atoms with Crippen molar-refractivity contribution in [2.45, 2.75) is 26.8 Å². The molecule has 0 saturated heterocycles. The molecule has 0 aliphatic rings. The van der Waals surface area contributed by atoms with Gasteiger partial charge >= 0.3 is 0 Å². The fourth-order valence-electron chi connectivity index (χ4n) is 2.94. The van der Waals surface area contributed by atoms with Gasteiger partial charge in [0.25, 0.3) is 0 Å². The summed E-state index contributed by atoms with van der Waals surface area (Å²) >= 11 is 1.82. The second kappa shape index (κ2) is 9.24. The van der Waals surface area contributed by atoms with E-state index in [1.807, 2.05) is 18.4 Å². The summed E-state index contributed by atoms with van der Waals surface area (Å²) in [6.45, 7) is 5.95. The maximum absolute atomic E-state index is 4.30. The minimum atomic E-state index is 0. The predicted molar refractivity (Wildman–Crippen MR) is 119 cm³/mol. The predicted octanol–water partition coefficient (Wildman–Crippen LogP) is 4.37. The molecule has 2 heterocycles. The Balaban J connectivity index is 0.00000225. The lowest BCUT2D eigenvalue weighted by Gasteiger charge is -2.11. The van der Waals surface area contributed by atoms with Gasteiger partial charge in [0.1, 0.15) is 0 Å². The largest absolute Gasteiger partial charge is 0.361 e. The van der Waals surface area contributed by atoms with Crippen molar-refractivity contribution in [3.63, 3.8) is 0 Å². The highest BCUT2D eigenvalue weighted by atomic mass is 127. The number of hydrogen-bond acceptors (Lipinski definition) is 2. The number of aryl methyl sites for hydroxylation is 2. The first kappa shape index (κ1) is 19.8. The molecule has 0 saturated carbocycles. The van der Waals surface area contributed by atoms with E-state index < -0.39 is 0 Å². The summed E-state index contributed by atoms with van der Waals surface area (Å²) in [5.41, 5.74) is 3.87. The maximum atomic E-state index is 4.30. The van der Waals surface area contributed by atoms with Gasteiger partial charge in [0, 0.05) is 40.4 Å². The van der Waals surface area contributed by atoms with Crippen molar-refractivity contribution in [2.24, 2.45) is 4.99 Å². The first-order chi connectivity index (χ1) is 11.7. The monoisotopic (exact) mass is 468 g/mol. The van der Waals surface area contributed by atoms with E-state index in [1.54, 1.807) is 0 Å². The molecule has 25 heavy (non-hydrogen) atoms. The van der Waals surface area contributed by atoms with Crippen LogP contribution in [-0.4, -0.2) is 24.5 Å². The lowest BCUT2D eigenvalue weighted by molar-refractivity contribution is 0.801. The summed E-state index contributed by atoms with van der Waals surface area (Å²) in [4.78, 5) is 10.3. The van der Waals surface area contributed by atoms with E-state index in [-0.39, 0.29) is 24.0 Å². The van der Waals surface area contributed by atoms with Crippen molar-refractivity contribution in [1.29, 1.82) is 0 Å². The molecular weight excluding hydrogens is 443 g/mol. The molecule has 0 aliphatic heterocycles. The van der Waals surface area contributed by atoms with Gasteiger partial charge in [-0.25, -0.2) is 0 Å². The number of rotatable bonds is 5. The molecule has 0 unspecified atom stereocenters. The van der Waals surface area contributed by atoms with Gasteiger partial charge in [-0.15, -0.1) is 35.3 Å². The highest BCUT2D eigenvalue weighted by Crippen LogP contribution is 2.22. The number of aliphatic imine (C=N–C) groups is 1. The van der Waals surface area contributed by atoms with Gasteiger partial charge in [0.15, 0.2) is 5.96 Å². The molecular formula is C19H25IN4S. The highest BCUT2D eigenvalue weighted by molar-refractivity contribution is 14.0. The number of nitrogens with zero attached hydrogens (tertiary/aromatic N) is 1. The average molecular weight is 468 g/mol. The third-order valence-corrected chi connectivity index (χ3v) is 5.13. The molecule has 0 radical (unpaired) electrons. The minimum absolute atomic E-state index is 0. The number of H-pyrrole nitrogens is 1. The third-order valence-electron chi connectivity index (χ3n) is 4.13. The molecule has 0 spiro atoms. The smallest absolute Gasteiger partial charge is 0.191 e. The van der Waals surface area contributed by atoms with Crippen molar-refractivity contribution in [3.05, 3.63) is 57.4 Å². The third kappa shape index (κ3) is 4.98. The molecule has 4 nitrogen and oxygen atoms in total. The van der Waals surface area contributed by atoms with Gasteiger partial charge in [0.05, 0.1) is 6.54 Å². The number of halogens is 1. The molecule has 134 valence electrons. The second-order valence-corrected chi connectivity index (χ2v) is 7.30. The molecule has 3 N–H and O–H groups in total. The van der Waals surface area contributed by atoms with E-state index in [1.165, 1.54) is 31.8 Å². The number of aromatic nitrogens is 1. The molecule has 2 aromatic heterocycles. The number of guanidine groups is 1. The van der Waals surface area contributed by atoms with Crippen LogP contribution in [0.4, 0.5) is 0 Å². The van der Waals surface area contributed by atoms with Gasteiger partial charge in [0.2, 0.25) is 0 Å². The van der Waals surface area contributed by atoms with Crippen LogP contribution in [0.2, 0.25) is 0 Å². The molecule has 1 aromatic carbocycles. The fraction of sp³-hybridized carbons (Fsp3) is 0.316. The number of fused-ring (bicyclic) bond motifs is 1. The number of aromatic amines is 1. The van der Waals surface area contributed by atoms with Crippen LogP contribution >= 0.6 is 35.3 Å². The van der Waals surface area contributed by atoms with E-state index in [4.69, 9.17) is 0 Å². The van der Waals surface area contributed by atoms with Crippen LogP contribution in [0, 0.1) is 13.8 Å². The van der Waals surface area contributed by atoms with Crippen molar-refractivity contribution in [3.8, 4) is 0 Å². The van der Waals surface area contributed by atoms with Crippen LogP contribution in [-0.2, 0) is 13.0 Å². The Morgan fingerprint density at radius 2 is 2.00 bits per heavy atom. The lowest BCUT2D eigenvalue weighted by atomic mass is 10.1. The number of benzene rings is 1. The van der Waals surface area contributed by atoms with Gasteiger partial charge < -0.3 is 15.6 Å². The van der Waals surface area contributed by atoms with E-state index in [9.17, 15) is 0 Å². The van der Waals surface area contributed by atoms with Gasteiger partial charge in [-0.3, -0.25) is 4.99 Å². The van der Waals surface area contributed by atoms with E-state index in [0.29, 0.717) is 0 Å². The lowest BCUT2D eigenvalue weighted by Crippen LogP contribution is -2.37. The summed E-state index contributed by atoms with van der Waals surface area (Å²) in [5.74, 6) is 0.845. The second-order valence-electron chi connectivity index (χ2n) is 5.93. The summed E-state index contributed by atoms with van der Waals surface area (Å²) in [6, 6.07) is 10.7. The van der Waals surface area contributed by atoms with Crippen molar-refractivity contribution in [1.82, 2.24) is 15.6 Å². The summed E-state index contributed by atoms with van der Waals surface area (Å²) in [6.07, 6.45) is 3.08. The molecule has 3 rings (SSSR count). The molecule has 0 atom stereocenters. The van der Waals surface area contributed by atoms with Gasteiger partial charge in [-0.2, -0.15) is 0 Å². The van der Waals surface area contributed by atoms with Crippen LogP contribution in [0.15, 0.2) is 41.5 Å². The van der Waals surface area contributed by atoms with Gasteiger partial charge in [-0.1, -0.05) is 12.1 Å². The Morgan fingerprint density at radius 1 is 1.16 bits per heavy atom. The zero-order chi connectivity index (χ0) is 16.9. The van der Waals surface area contributed by atoms with Gasteiger partial charge in [-0.05, 0) is 49.6 Å². The summed E-state index contributed by atoms with van der Waals surface area (Å²) in [5, 5.41) is 8.11. The van der Waals surface area contributed by atoms with Crippen molar-refractivity contribution < 1.29 is 0 Å². The molecule has 6 heteroatoms. The molecule has 0 amide bonds. The number of hydrogen-bond donors (Lipinski definition) is 3. The molecule has 0 fully saturated rings. The van der Waals surface area contributed by atoms with E-state index in [0.717, 1.165) is 25.5 Å². The van der Waals surface area contributed by atoms with Crippen LogP contribution in [0.5, 0.6) is 0 Å². The van der Waals surface area contributed by atoms with Crippen LogP contribution < -0.4 is 10.6 Å². The first-order valence-corrected chi connectivity index (χ1v) is 9.04. The fourth-order valence-corrected chi connectivity index (χ4v) is 3.77. The summed E-state index contributed by atoms with van der Waals surface area (Å²) < 4.78 is 0. The highest BCUT2D eigenvalue weighted by Gasteiger charge is 2.06. The topological polar surface area (TPSA) is 52.2 Å². The minimum Gasteiger partial charge on any atom is -0.361 e. The Kier molecular flexibility index (Phi) is 7.31. The Morgan fingerprint density at radius 3 is 2.72 bits per heavy atom. The van der Waals surface area contributed by atoms with E-state index >= 15 is 0 Å². The van der Waals surface area contributed by atoms with E-state index in [2.05, 4.69) is 71.0 Å². The Bertz CT molecular complexity index is 850.